The lowest BCUT2D eigenvalue weighted by Crippen LogP contribution is -2.45. The number of halogens is 2. The Kier molecular flexibility index (Phi) is 6.00. The Morgan fingerprint density at radius 3 is 2.60 bits per heavy atom. The van der Waals surface area contributed by atoms with Crippen LogP contribution in [-0.4, -0.2) is 38.9 Å². The number of hydrogen-bond donors (Lipinski definition) is 1. The summed E-state index contributed by atoms with van der Waals surface area (Å²) < 4.78 is 27.4. The van der Waals surface area contributed by atoms with Gasteiger partial charge in [0.25, 0.3) is 0 Å². The smallest absolute Gasteiger partial charge is 0.242 e. The van der Waals surface area contributed by atoms with Crippen molar-refractivity contribution in [1.82, 2.24) is 9.62 Å². The molecule has 0 aliphatic rings. The Bertz CT molecular complexity index is 607. The van der Waals surface area contributed by atoms with E-state index in [0.717, 1.165) is 0 Å². The monoisotopic (exact) mass is 382 g/mol. The van der Waals surface area contributed by atoms with Gasteiger partial charge in [0.2, 0.25) is 15.9 Å². The molecule has 0 saturated heterocycles. The minimum atomic E-state index is -3.84. The standard InChI is InChI=1S/C12H16BrClN2O3S/c1-4-16(3)12(17)8(2)15-20(18,19)11-6-5-9(13)7-10(11)14/h5-8,15H,4H2,1-3H3. The quantitative estimate of drug-likeness (QED) is 0.848. The summed E-state index contributed by atoms with van der Waals surface area (Å²) >= 11 is 9.13. The number of carbonyl (C=O) groups is 1. The summed E-state index contributed by atoms with van der Waals surface area (Å²) in [6.45, 7) is 3.81. The van der Waals surface area contributed by atoms with Crippen LogP contribution in [0, 0.1) is 0 Å². The molecule has 0 bridgehead atoms. The molecule has 0 aromatic heterocycles. The van der Waals surface area contributed by atoms with E-state index in [0.29, 0.717) is 11.0 Å². The van der Waals surface area contributed by atoms with Crippen LogP contribution in [-0.2, 0) is 14.8 Å². The molecule has 0 aliphatic carbocycles. The van der Waals surface area contributed by atoms with Crippen molar-refractivity contribution in [1.29, 1.82) is 0 Å². The number of nitrogens with one attached hydrogen (secondary N) is 1. The lowest BCUT2D eigenvalue weighted by Gasteiger charge is -2.20. The maximum atomic E-state index is 12.2. The summed E-state index contributed by atoms with van der Waals surface area (Å²) in [4.78, 5) is 13.3. The lowest BCUT2D eigenvalue weighted by molar-refractivity contribution is -0.131. The lowest BCUT2D eigenvalue weighted by atomic mass is 10.3. The van der Waals surface area contributed by atoms with Crippen molar-refractivity contribution in [2.75, 3.05) is 13.6 Å². The van der Waals surface area contributed by atoms with Gasteiger partial charge >= 0.3 is 0 Å². The van der Waals surface area contributed by atoms with Crippen LogP contribution in [0.1, 0.15) is 13.8 Å². The number of hydrogen-bond acceptors (Lipinski definition) is 3. The third-order valence-corrected chi connectivity index (χ3v) is 5.25. The molecule has 8 heteroatoms. The highest BCUT2D eigenvalue weighted by Crippen LogP contribution is 2.25. The van der Waals surface area contributed by atoms with E-state index in [9.17, 15) is 13.2 Å². The van der Waals surface area contributed by atoms with Gasteiger partial charge in [-0.25, -0.2) is 8.42 Å². The second-order valence-corrected chi connectivity index (χ2v) is 7.28. The molecule has 0 heterocycles. The van der Waals surface area contributed by atoms with Crippen molar-refractivity contribution < 1.29 is 13.2 Å². The summed E-state index contributed by atoms with van der Waals surface area (Å²) in [5.74, 6) is -0.302. The molecule has 1 atom stereocenters. The molecule has 1 aromatic rings. The van der Waals surface area contributed by atoms with E-state index in [1.54, 1.807) is 13.1 Å². The third kappa shape index (κ3) is 4.18. The van der Waals surface area contributed by atoms with Gasteiger partial charge in [0.05, 0.1) is 11.1 Å². The normalized spacial score (nSPS) is 13.1. The molecule has 0 spiro atoms. The number of sulfonamides is 1. The molecule has 112 valence electrons. The van der Waals surface area contributed by atoms with Crippen LogP contribution in [0.15, 0.2) is 27.6 Å². The van der Waals surface area contributed by atoms with Crippen LogP contribution in [0.5, 0.6) is 0 Å². The predicted molar refractivity (Wildman–Crippen MR) is 82.2 cm³/mol. The van der Waals surface area contributed by atoms with Crippen LogP contribution in [0.2, 0.25) is 5.02 Å². The molecule has 1 unspecified atom stereocenters. The van der Waals surface area contributed by atoms with Crippen molar-refractivity contribution in [2.45, 2.75) is 24.8 Å². The van der Waals surface area contributed by atoms with Crippen molar-refractivity contribution in [3.8, 4) is 0 Å². The largest absolute Gasteiger partial charge is 0.345 e. The van der Waals surface area contributed by atoms with Gasteiger partial charge in [0.15, 0.2) is 0 Å². The zero-order valence-corrected chi connectivity index (χ0v) is 14.5. The van der Waals surface area contributed by atoms with E-state index >= 15 is 0 Å². The number of nitrogens with zero attached hydrogens (tertiary/aromatic N) is 1. The highest BCUT2D eigenvalue weighted by molar-refractivity contribution is 9.10. The van der Waals surface area contributed by atoms with Crippen LogP contribution in [0.3, 0.4) is 0 Å². The molecule has 0 saturated carbocycles. The van der Waals surface area contributed by atoms with Crippen molar-refractivity contribution in [3.05, 3.63) is 27.7 Å². The van der Waals surface area contributed by atoms with Crippen LogP contribution in [0.4, 0.5) is 0 Å². The molecule has 0 aliphatic heterocycles. The number of carbonyl (C=O) groups excluding carboxylic acids is 1. The van der Waals surface area contributed by atoms with E-state index in [2.05, 4.69) is 20.7 Å². The molecule has 20 heavy (non-hydrogen) atoms. The summed E-state index contributed by atoms with van der Waals surface area (Å²) in [6.07, 6.45) is 0. The van der Waals surface area contributed by atoms with Crippen molar-refractivity contribution in [2.24, 2.45) is 0 Å². The molecule has 0 fully saturated rings. The third-order valence-electron chi connectivity index (χ3n) is 2.74. The summed E-state index contributed by atoms with van der Waals surface area (Å²) in [7, 11) is -2.23. The predicted octanol–water partition coefficient (Wildman–Crippen LogP) is 2.25. The molecule has 1 aromatic carbocycles. The highest BCUT2D eigenvalue weighted by atomic mass is 79.9. The Hall–Kier alpha value is -0.630. The number of likely N-dealkylation sites (N-methyl/N-ethyl adjacent to an activating group) is 1. The van der Waals surface area contributed by atoms with Crippen LogP contribution >= 0.6 is 27.5 Å². The summed E-state index contributed by atoms with van der Waals surface area (Å²) in [5, 5.41) is 0.0929. The van der Waals surface area contributed by atoms with Gasteiger partial charge in [-0.15, -0.1) is 0 Å². The summed E-state index contributed by atoms with van der Waals surface area (Å²) in [6, 6.07) is 3.59. The SMILES string of the molecule is CCN(C)C(=O)C(C)NS(=O)(=O)c1ccc(Br)cc1Cl. The average Bonchev–Trinajstić information content (AvgIpc) is 2.35. The number of benzene rings is 1. The van der Waals surface area contributed by atoms with Crippen molar-refractivity contribution in [3.63, 3.8) is 0 Å². The summed E-state index contributed by atoms with van der Waals surface area (Å²) in [5.41, 5.74) is 0. The zero-order chi connectivity index (χ0) is 15.5. The van der Waals surface area contributed by atoms with Gasteiger partial charge in [-0.2, -0.15) is 4.72 Å². The van der Waals surface area contributed by atoms with E-state index < -0.39 is 16.1 Å². The first-order valence-corrected chi connectivity index (χ1v) is 8.56. The topological polar surface area (TPSA) is 66.5 Å². The first kappa shape index (κ1) is 17.4. The zero-order valence-electron chi connectivity index (χ0n) is 11.4. The number of amides is 1. The fourth-order valence-electron chi connectivity index (χ4n) is 1.53. The fourth-order valence-corrected chi connectivity index (χ4v) is 3.76. The second kappa shape index (κ2) is 6.89. The second-order valence-electron chi connectivity index (χ2n) is 4.27. The van der Waals surface area contributed by atoms with Gasteiger partial charge < -0.3 is 4.90 Å². The Labute approximate surface area is 132 Å². The van der Waals surface area contributed by atoms with Crippen LogP contribution < -0.4 is 4.72 Å². The molecule has 1 N–H and O–H groups in total. The first-order chi connectivity index (χ1) is 9.19. The number of rotatable bonds is 5. The molecule has 1 rings (SSSR count). The highest BCUT2D eigenvalue weighted by Gasteiger charge is 2.25. The Balaban J connectivity index is 2.98. The van der Waals surface area contributed by atoms with E-state index in [1.165, 1.54) is 24.0 Å². The maximum absolute atomic E-state index is 12.2. The van der Waals surface area contributed by atoms with Crippen LogP contribution in [0.25, 0.3) is 0 Å². The minimum Gasteiger partial charge on any atom is -0.345 e. The molecule has 1 amide bonds. The van der Waals surface area contributed by atoms with Crippen molar-refractivity contribution >= 4 is 43.5 Å². The van der Waals surface area contributed by atoms with E-state index in [4.69, 9.17) is 11.6 Å². The molecular weight excluding hydrogens is 368 g/mol. The molecule has 5 nitrogen and oxygen atoms in total. The molecule has 0 radical (unpaired) electrons. The fraction of sp³-hybridized carbons (Fsp3) is 0.417. The van der Waals surface area contributed by atoms with E-state index in [1.807, 2.05) is 6.92 Å². The Morgan fingerprint density at radius 1 is 1.50 bits per heavy atom. The van der Waals surface area contributed by atoms with Gasteiger partial charge in [0, 0.05) is 18.1 Å². The maximum Gasteiger partial charge on any atom is 0.242 e. The van der Waals surface area contributed by atoms with Gasteiger partial charge in [-0.05, 0) is 32.0 Å². The minimum absolute atomic E-state index is 0.0545. The van der Waals surface area contributed by atoms with Gasteiger partial charge in [-0.3, -0.25) is 4.79 Å². The molecular formula is C12H16BrClN2O3S. The first-order valence-electron chi connectivity index (χ1n) is 5.91. The van der Waals surface area contributed by atoms with Gasteiger partial charge in [0.1, 0.15) is 4.90 Å². The van der Waals surface area contributed by atoms with E-state index in [-0.39, 0.29) is 15.8 Å². The average molecular weight is 384 g/mol. The van der Waals surface area contributed by atoms with Gasteiger partial charge in [-0.1, -0.05) is 27.5 Å². The Morgan fingerprint density at radius 2 is 2.10 bits per heavy atom.